The number of para-hydroxylation sites is 2. The number of nitrogens with one attached hydrogen (secondary N) is 1. The summed E-state index contributed by atoms with van der Waals surface area (Å²) in [5, 5.41) is 2.65. The SMILES string of the molecule is Cc1cccc(Cl)c1-n1cnc(N)c(C(=O)Nc2ccccc2F)c1=O. The van der Waals surface area contributed by atoms with Gasteiger partial charge in [-0.15, -0.1) is 0 Å². The first-order valence-corrected chi connectivity index (χ1v) is 7.96. The lowest BCUT2D eigenvalue weighted by Crippen LogP contribution is -2.31. The maximum Gasteiger partial charge on any atom is 0.273 e. The Hall–Kier alpha value is -3.19. The molecule has 3 rings (SSSR count). The lowest BCUT2D eigenvalue weighted by molar-refractivity contribution is 0.102. The molecule has 0 aliphatic carbocycles. The Morgan fingerprint density at radius 1 is 1.23 bits per heavy atom. The Bertz CT molecular complexity index is 1050. The van der Waals surface area contributed by atoms with Gasteiger partial charge in [0.15, 0.2) is 0 Å². The van der Waals surface area contributed by atoms with Crippen LogP contribution in [0.2, 0.25) is 5.02 Å². The summed E-state index contributed by atoms with van der Waals surface area (Å²) in [6, 6.07) is 10.7. The maximum atomic E-state index is 13.8. The number of anilines is 2. The highest BCUT2D eigenvalue weighted by Gasteiger charge is 2.21. The third-order valence-electron chi connectivity index (χ3n) is 3.78. The fourth-order valence-corrected chi connectivity index (χ4v) is 2.83. The van der Waals surface area contributed by atoms with E-state index in [0.717, 1.165) is 4.57 Å². The molecule has 0 unspecified atom stereocenters. The van der Waals surface area contributed by atoms with Crippen LogP contribution >= 0.6 is 11.6 Å². The number of amides is 1. The first-order chi connectivity index (χ1) is 12.4. The van der Waals surface area contributed by atoms with Crippen molar-refractivity contribution in [3.05, 3.63) is 81.1 Å². The van der Waals surface area contributed by atoms with Gasteiger partial charge in [0.1, 0.15) is 23.5 Å². The van der Waals surface area contributed by atoms with Gasteiger partial charge in [-0.05, 0) is 30.7 Å². The van der Waals surface area contributed by atoms with Gasteiger partial charge in [0.25, 0.3) is 11.5 Å². The normalized spacial score (nSPS) is 10.6. The number of hydrogen-bond acceptors (Lipinski definition) is 4. The highest BCUT2D eigenvalue weighted by Crippen LogP contribution is 2.23. The third kappa shape index (κ3) is 3.16. The van der Waals surface area contributed by atoms with Crippen molar-refractivity contribution in [2.45, 2.75) is 6.92 Å². The van der Waals surface area contributed by atoms with Crippen LogP contribution in [0.15, 0.2) is 53.6 Å². The summed E-state index contributed by atoms with van der Waals surface area (Å²) in [5.74, 6) is -1.75. The highest BCUT2D eigenvalue weighted by atomic mass is 35.5. The molecule has 3 aromatic rings. The molecule has 0 atom stereocenters. The van der Waals surface area contributed by atoms with Crippen LogP contribution in [-0.2, 0) is 0 Å². The van der Waals surface area contributed by atoms with E-state index < -0.39 is 22.8 Å². The zero-order chi connectivity index (χ0) is 18.8. The Kier molecular flexibility index (Phi) is 4.73. The van der Waals surface area contributed by atoms with Gasteiger partial charge in [-0.25, -0.2) is 9.37 Å². The van der Waals surface area contributed by atoms with E-state index in [1.807, 2.05) is 0 Å². The number of hydrogen-bond donors (Lipinski definition) is 2. The Balaban J connectivity index is 2.10. The number of nitrogens with two attached hydrogens (primary N) is 1. The van der Waals surface area contributed by atoms with E-state index in [9.17, 15) is 14.0 Å². The molecule has 132 valence electrons. The first-order valence-electron chi connectivity index (χ1n) is 7.58. The van der Waals surface area contributed by atoms with E-state index in [1.54, 1.807) is 31.2 Å². The minimum Gasteiger partial charge on any atom is -0.383 e. The van der Waals surface area contributed by atoms with Gasteiger partial charge in [-0.3, -0.25) is 14.2 Å². The number of benzene rings is 2. The van der Waals surface area contributed by atoms with Crippen molar-refractivity contribution >= 4 is 29.0 Å². The lowest BCUT2D eigenvalue weighted by atomic mass is 10.2. The summed E-state index contributed by atoms with van der Waals surface area (Å²) in [6.45, 7) is 1.77. The molecule has 0 fully saturated rings. The van der Waals surface area contributed by atoms with Crippen molar-refractivity contribution in [3.8, 4) is 5.69 Å². The van der Waals surface area contributed by atoms with Gasteiger partial charge in [0.05, 0.1) is 16.4 Å². The zero-order valence-corrected chi connectivity index (χ0v) is 14.4. The average Bonchev–Trinajstić information content (AvgIpc) is 2.59. The number of nitrogen functional groups attached to an aromatic ring is 1. The van der Waals surface area contributed by atoms with Gasteiger partial charge in [-0.1, -0.05) is 35.9 Å². The fourth-order valence-electron chi connectivity index (χ4n) is 2.52. The van der Waals surface area contributed by atoms with E-state index in [0.29, 0.717) is 16.3 Å². The summed E-state index contributed by atoms with van der Waals surface area (Å²) < 4.78 is 14.9. The van der Waals surface area contributed by atoms with Crippen molar-refractivity contribution in [1.29, 1.82) is 0 Å². The molecule has 1 aromatic heterocycles. The molecule has 26 heavy (non-hydrogen) atoms. The molecule has 0 saturated carbocycles. The number of carbonyl (C=O) groups excluding carboxylic acids is 1. The minimum atomic E-state index is -0.857. The maximum absolute atomic E-state index is 13.8. The van der Waals surface area contributed by atoms with Gasteiger partial charge in [0.2, 0.25) is 0 Å². The number of halogens is 2. The summed E-state index contributed by atoms with van der Waals surface area (Å²) >= 11 is 6.19. The molecule has 0 spiro atoms. The quantitative estimate of drug-likeness (QED) is 0.738. The first kappa shape index (κ1) is 17.6. The van der Waals surface area contributed by atoms with Crippen LogP contribution in [-0.4, -0.2) is 15.5 Å². The number of rotatable bonds is 3. The summed E-state index contributed by atoms with van der Waals surface area (Å²) in [4.78, 5) is 29.3. The van der Waals surface area contributed by atoms with Crippen molar-refractivity contribution in [2.24, 2.45) is 0 Å². The lowest BCUT2D eigenvalue weighted by Gasteiger charge is -2.13. The molecule has 3 N–H and O–H groups in total. The van der Waals surface area contributed by atoms with E-state index in [2.05, 4.69) is 10.3 Å². The Morgan fingerprint density at radius 2 is 1.96 bits per heavy atom. The second-order valence-electron chi connectivity index (χ2n) is 5.52. The molecule has 1 heterocycles. The van der Waals surface area contributed by atoms with Crippen LogP contribution in [0.5, 0.6) is 0 Å². The molecule has 6 nitrogen and oxygen atoms in total. The third-order valence-corrected chi connectivity index (χ3v) is 4.08. The standard InChI is InChI=1S/C18H14ClFN4O2/c1-10-5-4-6-11(19)15(10)24-9-22-16(21)14(18(24)26)17(25)23-13-8-3-2-7-12(13)20/h2-9H,21H2,1H3,(H,23,25). The van der Waals surface area contributed by atoms with Gasteiger partial charge in [-0.2, -0.15) is 0 Å². The number of nitrogens with zero attached hydrogens (tertiary/aromatic N) is 2. The number of aromatic nitrogens is 2. The number of aryl methyl sites for hydroxylation is 1. The average molecular weight is 373 g/mol. The van der Waals surface area contributed by atoms with Crippen LogP contribution in [0.1, 0.15) is 15.9 Å². The molecule has 0 aliphatic heterocycles. The molecule has 0 aliphatic rings. The molecule has 2 aromatic carbocycles. The Labute approximate surface area is 153 Å². The second kappa shape index (κ2) is 6.97. The zero-order valence-electron chi connectivity index (χ0n) is 13.7. The van der Waals surface area contributed by atoms with E-state index in [4.69, 9.17) is 17.3 Å². The molecule has 1 amide bonds. The Morgan fingerprint density at radius 3 is 2.65 bits per heavy atom. The molecule has 0 saturated heterocycles. The van der Waals surface area contributed by atoms with Crippen LogP contribution in [0.4, 0.5) is 15.9 Å². The van der Waals surface area contributed by atoms with Crippen LogP contribution in [0.25, 0.3) is 5.69 Å². The van der Waals surface area contributed by atoms with Crippen molar-refractivity contribution < 1.29 is 9.18 Å². The number of carbonyl (C=O) groups is 1. The van der Waals surface area contributed by atoms with E-state index in [1.165, 1.54) is 24.5 Å². The smallest absolute Gasteiger partial charge is 0.273 e. The van der Waals surface area contributed by atoms with Crippen LogP contribution < -0.4 is 16.6 Å². The molecular formula is C18H14ClFN4O2. The summed E-state index contributed by atoms with van der Waals surface area (Å²) in [7, 11) is 0. The predicted molar refractivity (Wildman–Crippen MR) is 98.3 cm³/mol. The summed E-state index contributed by atoms with van der Waals surface area (Å²) in [5.41, 5.74) is 5.67. The van der Waals surface area contributed by atoms with Crippen molar-refractivity contribution in [1.82, 2.24) is 9.55 Å². The molecule has 8 heteroatoms. The molecule has 0 bridgehead atoms. The molecular weight excluding hydrogens is 359 g/mol. The predicted octanol–water partition coefficient (Wildman–Crippen LogP) is 3.17. The van der Waals surface area contributed by atoms with E-state index in [-0.39, 0.29) is 11.5 Å². The fraction of sp³-hybridized carbons (Fsp3) is 0.0556. The minimum absolute atomic E-state index is 0.0689. The largest absolute Gasteiger partial charge is 0.383 e. The highest BCUT2D eigenvalue weighted by molar-refractivity contribution is 6.32. The molecule has 0 radical (unpaired) electrons. The van der Waals surface area contributed by atoms with Gasteiger partial charge >= 0.3 is 0 Å². The van der Waals surface area contributed by atoms with Crippen LogP contribution in [0.3, 0.4) is 0 Å². The monoisotopic (exact) mass is 372 g/mol. The van der Waals surface area contributed by atoms with Gasteiger partial charge in [0, 0.05) is 0 Å². The second-order valence-corrected chi connectivity index (χ2v) is 5.93. The van der Waals surface area contributed by atoms with Crippen molar-refractivity contribution in [2.75, 3.05) is 11.1 Å². The van der Waals surface area contributed by atoms with Crippen molar-refractivity contribution in [3.63, 3.8) is 0 Å². The topological polar surface area (TPSA) is 90.0 Å². The van der Waals surface area contributed by atoms with E-state index >= 15 is 0 Å². The summed E-state index contributed by atoms with van der Waals surface area (Å²) in [6.07, 6.45) is 1.20. The van der Waals surface area contributed by atoms with Gasteiger partial charge < -0.3 is 11.1 Å². The van der Waals surface area contributed by atoms with Crippen LogP contribution in [0, 0.1) is 12.7 Å².